The second-order valence-electron chi connectivity index (χ2n) is 2.25. The van der Waals surface area contributed by atoms with Crippen molar-refractivity contribution >= 4 is 11.9 Å². The molecular formula is C7H16KNaO9. The molecule has 0 aliphatic carbocycles. The van der Waals surface area contributed by atoms with Gasteiger partial charge in [-0.2, -0.15) is 0 Å². The van der Waals surface area contributed by atoms with Gasteiger partial charge in [0.25, 0.3) is 0 Å². The van der Waals surface area contributed by atoms with Crippen LogP contribution in [0.3, 0.4) is 0 Å². The van der Waals surface area contributed by atoms with Crippen LogP contribution in [-0.4, -0.2) is 57.0 Å². The van der Waals surface area contributed by atoms with E-state index in [9.17, 15) is 19.8 Å². The summed E-state index contributed by atoms with van der Waals surface area (Å²) in [4.78, 5) is 19.4. The van der Waals surface area contributed by atoms with Gasteiger partial charge in [-0.1, -0.05) is 13.3 Å². The normalized spacial score (nSPS) is 10.4. The molecule has 0 saturated heterocycles. The maximum absolute atomic E-state index is 9.74. The number of carboxylic acid groups (broad SMARTS) is 2. The van der Waals surface area contributed by atoms with E-state index in [4.69, 9.17) is 15.3 Å². The van der Waals surface area contributed by atoms with Crippen LogP contribution in [0.5, 0.6) is 0 Å². The van der Waals surface area contributed by atoms with Crippen LogP contribution in [0.4, 0.5) is 0 Å². The molecule has 2 atom stereocenters. The standard InChI is InChI=1S/C4H6O6.C3H7O.K.Na.2H2O/c5-1(3(7)8)2(6)4(9)10;1-2-3-4;;;;/h1-2,5-6H,(H,7,8)(H,9,10);2-3H2,1H3;;;2*1H2/q;-1;2*+1;;/p-1. The van der Waals surface area contributed by atoms with Crippen molar-refractivity contribution in [2.75, 3.05) is 6.61 Å². The number of carbonyl (C=O) groups is 2. The molecule has 0 bridgehead atoms. The van der Waals surface area contributed by atoms with E-state index in [0.29, 0.717) is 0 Å². The number of hydrogen-bond acceptors (Lipinski definition) is 6. The number of aliphatic hydroxyl groups excluding tert-OH is 2. The third kappa shape index (κ3) is 22.5. The van der Waals surface area contributed by atoms with Crippen molar-refractivity contribution in [2.45, 2.75) is 25.6 Å². The first-order valence-corrected chi connectivity index (χ1v) is 3.76. The quantitative estimate of drug-likeness (QED) is 0.427. The number of carboxylic acids is 2. The van der Waals surface area contributed by atoms with Crippen LogP contribution in [0.2, 0.25) is 0 Å². The van der Waals surface area contributed by atoms with Crippen LogP contribution in [-0.2, 0) is 9.59 Å². The maximum atomic E-state index is 9.74. The monoisotopic (exact) mass is 306 g/mol. The summed E-state index contributed by atoms with van der Waals surface area (Å²) in [5, 5.41) is 43.4. The summed E-state index contributed by atoms with van der Waals surface area (Å²) in [5.41, 5.74) is 0. The molecule has 18 heavy (non-hydrogen) atoms. The van der Waals surface area contributed by atoms with E-state index in [-0.39, 0.29) is 98.5 Å². The van der Waals surface area contributed by atoms with Crippen molar-refractivity contribution in [3.63, 3.8) is 0 Å². The molecule has 0 rings (SSSR count). The Morgan fingerprint density at radius 2 is 1.44 bits per heavy atom. The van der Waals surface area contributed by atoms with Gasteiger partial charge < -0.3 is 41.3 Å². The molecule has 0 fully saturated rings. The fraction of sp³-hybridized carbons (Fsp3) is 0.714. The summed E-state index contributed by atoms with van der Waals surface area (Å²) in [6.45, 7) is 1.94. The van der Waals surface area contributed by atoms with E-state index in [1.807, 2.05) is 6.92 Å². The SMILES string of the molecule is CCC[O-].O.O.O=C([O-])C(O)C(O)C(=O)O.[K+].[Na+]. The molecule has 0 spiro atoms. The van der Waals surface area contributed by atoms with Gasteiger partial charge in [0, 0.05) is 0 Å². The molecule has 11 heteroatoms. The molecule has 0 aromatic rings. The third-order valence-electron chi connectivity index (χ3n) is 0.998. The second-order valence-corrected chi connectivity index (χ2v) is 2.25. The number of carbonyl (C=O) groups excluding carboxylic acids is 1. The van der Waals surface area contributed by atoms with Crippen molar-refractivity contribution in [3.8, 4) is 0 Å². The van der Waals surface area contributed by atoms with Gasteiger partial charge in [-0.15, -0.1) is 6.61 Å². The van der Waals surface area contributed by atoms with Crippen molar-refractivity contribution in [1.29, 1.82) is 0 Å². The summed E-state index contributed by atoms with van der Waals surface area (Å²) in [7, 11) is 0. The zero-order valence-electron chi connectivity index (χ0n) is 10.5. The first-order valence-electron chi connectivity index (χ1n) is 3.76. The summed E-state index contributed by atoms with van der Waals surface area (Å²) in [6, 6.07) is 0. The molecular weight excluding hydrogens is 290 g/mol. The molecule has 0 aromatic heterocycles. The van der Waals surface area contributed by atoms with Gasteiger partial charge in [0.15, 0.2) is 6.10 Å². The van der Waals surface area contributed by atoms with Crippen molar-refractivity contribution in [1.82, 2.24) is 0 Å². The smallest absolute Gasteiger partial charge is 0.854 e. The second kappa shape index (κ2) is 23.5. The Morgan fingerprint density at radius 1 is 1.17 bits per heavy atom. The van der Waals surface area contributed by atoms with E-state index in [1.165, 1.54) is 0 Å². The minimum atomic E-state index is -2.38. The van der Waals surface area contributed by atoms with Gasteiger partial charge in [0.1, 0.15) is 6.10 Å². The summed E-state index contributed by atoms with van der Waals surface area (Å²) >= 11 is 0. The van der Waals surface area contributed by atoms with E-state index in [2.05, 4.69) is 0 Å². The molecule has 7 N–H and O–H groups in total. The molecule has 0 aliphatic heterocycles. The Morgan fingerprint density at radius 3 is 1.50 bits per heavy atom. The average molecular weight is 306 g/mol. The van der Waals surface area contributed by atoms with Crippen molar-refractivity contribution in [2.24, 2.45) is 0 Å². The van der Waals surface area contributed by atoms with Crippen LogP contribution < -0.4 is 91.2 Å². The Kier molecular flexibility index (Phi) is 47.7. The molecule has 0 saturated carbocycles. The van der Waals surface area contributed by atoms with Crippen LogP contribution in [0.15, 0.2) is 0 Å². The molecule has 0 amide bonds. The first kappa shape index (κ1) is 36.6. The number of hydrogen-bond donors (Lipinski definition) is 3. The predicted molar refractivity (Wildman–Crippen MR) is 47.0 cm³/mol. The van der Waals surface area contributed by atoms with Crippen LogP contribution in [0.25, 0.3) is 0 Å². The fourth-order valence-electron chi connectivity index (χ4n) is 0.264. The summed E-state index contributed by atoms with van der Waals surface area (Å²) < 4.78 is 0. The summed E-state index contributed by atoms with van der Waals surface area (Å²) in [6.07, 6.45) is -3.94. The van der Waals surface area contributed by atoms with Gasteiger partial charge in [0.05, 0.1) is 5.97 Å². The first-order chi connectivity index (χ1) is 6.38. The van der Waals surface area contributed by atoms with Crippen molar-refractivity contribution in [3.05, 3.63) is 0 Å². The van der Waals surface area contributed by atoms with Crippen LogP contribution >= 0.6 is 0 Å². The van der Waals surface area contributed by atoms with E-state index >= 15 is 0 Å². The van der Waals surface area contributed by atoms with Crippen molar-refractivity contribution < 1.29 is 127 Å². The van der Waals surface area contributed by atoms with E-state index < -0.39 is 24.1 Å². The number of aliphatic hydroxyl groups is 2. The maximum Gasteiger partial charge on any atom is 1.00 e. The number of aliphatic carboxylic acids is 2. The molecule has 2 unspecified atom stereocenters. The Labute approximate surface area is 169 Å². The molecule has 0 radical (unpaired) electrons. The molecule has 100 valence electrons. The Hall–Kier alpha value is 1.38. The zero-order valence-corrected chi connectivity index (χ0v) is 15.7. The fourth-order valence-corrected chi connectivity index (χ4v) is 0.264. The third-order valence-corrected chi connectivity index (χ3v) is 0.998. The van der Waals surface area contributed by atoms with Gasteiger partial charge in [0.2, 0.25) is 0 Å². The largest absolute Gasteiger partial charge is 1.00 e. The Balaban J connectivity index is -0.0000000402. The molecule has 0 heterocycles. The van der Waals surface area contributed by atoms with Gasteiger partial charge in [-0.3, -0.25) is 0 Å². The van der Waals surface area contributed by atoms with Gasteiger partial charge in [-0.05, 0) is 0 Å². The van der Waals surface area contributed by atoms with E-state index in [0.717, 1.165) is 6.42 Å². The zero-order chi connectivity index (χ0) is 11.7. The Bertz CT molecular complexity index is 172. The molecule has 9 nitrogen and oxygen atoms in total. The van der Waals surface area contributed by atoms with Gasteiger partial charge >= 0.3 is 86.9 Å². The van der Waals surface area contributed by atoms with Crippen LogP contribution in [0.1, 0.15) is 13.3 Å². The van der Waals surface area contributed by atoms with Crippen LogP contribution in [0, 0.1) is 0 Å². The molecule has 0 aromatic carbocycles. The number of rotatable bonds is 4. The van der Waals surface area contributed by atoms with E-state index in [1.54, 1.807) is 0 Å². The topological polar surface area (TPSA) is 204 Å². The summed E-state index contributed by atoms with van der Waals surface area (Å²) in [5.74, 6) is -3.83. The minimum absolute atomic E-state index is 0. The minimum Gasteiger partial charge on any atom is -0.854 e. The predicted octanol–water partition coefficient (Wildman–Crippen LogP) is -11.3. The average Bonchev–Trinajstić information content (AvgIpc) is 2.15. The van der Waals surface area contributed by atoms with Gasteiger partial charge in [-0.25, -0.2) is 4.79 Å². The molecule has 0 aliphatic rings.